The zero-order chi connectivity index (χ0) is 22.8. The molecule has 0 aliphatic carbocycles. The van der Waals surface area contributed by atoms with Crippen molar-refractivity contribution in [1.82, 2.24) is 15.2 Å². The Morgan fingerprint density at radius 1 is 1.35 bits per heavy atom. The highest BCUT2D eigenvalue weighted by Gasteiger charge is 2.42. The Hall–Kier alpha value is -3.46. The van der Waals surface area contributed by atoms with Crippen LogP contribution in [0.2, 0.25) is 0 Å². The minimum absolute atomic E-state index is 0.218. The van der Waals surface area contributed by atoms with Crippen molar-refractivity contribution in [2.45, 2.75) is 39.1 Å². The van der Waals surface area contributed by atoms with E-state index in [1.165, 1.54) is 0 Å². The summed E-state index contributed by atoms with van der Waals surface area (Å²) in [5.74, 6) is -0.863. The lowest BCUT2D eigenvalue weighted by molar-refractivity contribution is -0.137. The Labute approximate surface area is 181 Å². The molecule has 9 nitrogen and oxygen atoms in total. The lowest BCUT2D eigenvalue weighted by atomic mass is 10.0. The van der Waals surface area contributed by atoms with Crippen LogP contribution >= 0.6 is 0 Å². The van der Waals surface area contributed by atoms with E-state index in [1.54, 1.807) is 51.0 Å². The molecule has 2 aromatic rings. The standard InChI is InChI=1S/C22H26N5O4/c1-14-8-7-10-16-17(14)18(28)31-21(27(16)20(23)30)25-22(2,3)19(29)26(4)13-11-15-9-5-6-12-24-15/h5-7,9-10,12,21,25H,11,13H2,1-4H3,(H2,23,30). The minimum Gasteiger partial charge on any atom is -0.423 e. The predicted molar refractivity (Wildman–Crippen MR) is 114 cm³/mol. The number of nitrogens with two attached hydrogens (primary N) is 1. The van der Waals surface area contributed by atoms with Gasteiger partial charge in [0.05, 0.1) is 16.8 Å². The monoisotopic (exact) mass is 424 g/mol. The molecule has 0 bridgehead atoms. The van der Waals surface area contributed by atoms with Crippen LogP contribution in [0.5, 0.6) is 0 Å². The molecule has 1 unspecified atom stereocenters. The average Bonchev–Trinajstić information content (AvgIpc) is 2.71. The van der Waals surface area contributed by atoms with Crippen LogP contribution in [0.3, 0.4) is 0 Å². The maximum Gasteiger partial charge on any atom is 0.343 e. The van der Waals surface area contributed by atoms with Gasteiger partial charge in [0.1, 0.15) is 0 Å². The SMILES string of the molecule is Cc1[c]ccc2c1C(=O)OC(NC(C)(C)C(=O)N(C)CCc1ccccn1)N2C(N)=O. The summed E-state index contributed by atoms with van der Waals surface area (Å²) in [7, 11) is 1.68. The Balaban J connectivity index is 1.76. The number of fused-ring (bicyclic) bond motifs is 1. The van der Waals surface area contributed by atoms with E-state index in [2.05, 4.69) is 16.4 Å². The van der Waals surface area contributed by atoms with E-state index in [4.69, 9.17) is 10.5 Å². The topological polar surface area (TPSA) is 118 Å². The van der Waals surface area contributed by atoms with Gasteiger partial charge in [-0.15, -0.1) is 0 Å². The number of urea groups is 1. The van der Waals surface area contributed by atoms with Crippen LogP contribution in [0.4, 0.5) is 10.5 Å². The van der Waals surface area contributed by atoms with Crippen molar-refractivity contribution in [3.05, 3.63) is 59.4 Å². The second-order valence-corrected chi connectivity index (χ2v) is 7.90. The van der Waals surface area contributed by atoms with Gasteiger partial charge < -0.3 is 15.4 Å². The number of ether oxygens (including phenoxy) is 1. The van der Waals surface area contributed by atoms with Gasteiger partial charge in [-0.1, -0.05) is 12.1 Å². The predicted octanol–water partition coefficient (Wildman–Crippen LogP) is 1.60. The number of nitrogens with one attached hydrogen (secondary N) is 1. The first-order chi connectivity index (χ1) is 14.6. The molecule has 1 aromatic heterocycles. The quantitative estimate of drug-likeness (QED) is 0.680. The molecule has 1 atom stereocenters. The van der Waals surface area contributed by atoms with Gasteiger partial charge in [0.15, 0.2) is 0 Å². The number of esters is 1. The molecule has 0 fully saturated rings. The van der Waals surface area contributed by atoms with E-state index in [0.29, 0.717) is 24.2 Å². The van der Waals surface area contributed by atoms with Gasteiger partial charge in [0, 0.05) is 31.9 Å². The number of amides is 3. The van der Waals surface area contributed by atoms with Crippen LogP contribution in [-0.2, 0) is 16.0 Å². The molecule has 2 heterocycles. The summed E-state index contributed by atoms with van der Waals surface area (Å²) < 4.78 is 5.44. The van der Waals surface area contributed by atoms with Crippen LogP contribution in [0.25, 0.3) is 0 Å². The Kier molecular flexibility index (Phi) is 6.26. The number of carbonyl (C=O) groups is 3. The van der Waals surface area contributed by atoms with Crippen LogP contribution in [0.1, 0.15) is 35.5 Å². The number of cyclic esters (lactones) is 1. The van der Waals surface area contributed by atoms with E-state index >= 15 is 0 Å². The van der Waals surface area contributed by atoms with Gasteiger partial charge in [-0.05, 0) is 50.6 Å². The number of hydrogen-bond acceptors (Lipinski definition) is 6. The highest BCUT2D eigenvalue weighted by Crippen LogP contribution is 2.31. The molecule has 31 heavy (non-hydrogen) atoms. The number of primary amides is 1. The Morgan fingerprint density at radius 2 is 2.10 bits per heavy atom. The van der Waals surface area contributed by atoms with Gasteiger partial charge in [0.25, 0.3) is 0 Å². The first-order valence-electron chi connectivity index (χ1n) is 9.86. The molecule has 1 aliphatic heterocycles. The molecule has 3 amide bonds. The van der Waals surface area contributed by atoms with Crippen LogP contribution in [-0.4, -0.2) is 53.3 Å². The van der Waals surface area contributed by atoms with Gasteiger partial charge in [0.2, 0.25) is 12.3 Å². The molecule has 3 N–H and O–H groups in total. The van der Waals surface area contributed by atoms with Crippen molar-refractivity contribution < 1.29 is 19.1 Å². The fourth-order valence-corrected chi connectivity index (χ4v) is 3.50. The summed E-state index contributed by atoms with van der Waals surface area (Å²) in [5.41, 5.74) is 6.36. The van der Waals surface area contributed by atoms with Gasteiger partial charge in [-0.25, -0.2) is 19.8 Å². The van der Waals surface area contributed by atoms with Gasteiger partial charge >= 0.3 is 12.0 Å². The molecule has 0 spiro atoms. The molecule has 163 valence electrons. The molecule has 1 radical (unpaired) electrons. The number of nitrogens with zero attached hydrogens (tertiary/aromatic N) is 3. The molecular formula is C22H26N5O4. The van der Waals surface area contributed by atoms with Crippen molar-refractivity contribution in [3.8, 4) is 0 Å². The summed E-state index contributed by atoms with van der Waals surface area (Å²) in [5, 5.41) is 2.96. The van der Waals surface area contributed by atoms with E-state index < -0.39 is 23.9 Å². The summed E-state index contributed by atoms with van der Waals surface area (Å²) in [4.78, 5) is 44.8. The lowest BCUT2D eigenvalue weighted by Crippen LogP contribution is -2.65. The van der Waals surface area contributed by atoms with E-state index in [-0.39, 0.29) is 11.5 Å². The van der Waals surface area contributed by atoms with Gasteiger partial charge in [-0.3, -0.25) is 9.78 Å². The first kappa shape index (κ1) is 22.2. The molecule has 1 aliphatic rings. The number of carbonyl (C=O) groups excluding carboxylic acids is 3. The number of aromatic nitrogens is 1. The number of pyridine rings is 1. The van der Waals surface area contributed by atoms with Crippen LogP contribution in [0, 0.1) is 13.0 Å². The van der Waals surface area contributed by atoms with Crippen LogP contribution in [0.15, 0.2) is 36.5 Å². The fraction of sp³-hybridized carbons (Fsp3) is 0.364. The number of anilines is 1. The largest absolute Gasteiger partial charge is 0.423 e. The second kappa shape index (κ2) is 8.73. The normalized spacial score (nSPS) is 15.8. The average molecular weight is 424 g/mol. The lowest BCUT2D eigenvalue weighted by Gasteiger charge is -2.40. The maximum atomic E-state index is 13.1. The molecule has 3 rings (SSSR count). The molecule has 9 heteroatoms. The number of hydrogen-bond donors (Lipinski definition) is 2. The Morgan fingerprint density at radius 3 is 2.74 bits per heavy atom. The molecule has 0 saturated heterocycles. The van der Waals surface area contributed by atoms with Crippen molar-refractivity contribution in [1.29, 1.82) is 0 Å². The highest BCUT2D eigenvalue weighted by molar-refractivity contribution is 6.05. The fourth-order valence-electron chi connectivity index (χ4n) is 3.50. The number of benzene rings is 1. The number of rotatable bonds is 6. The zero-order valence-electron chi connectivity index (χ0n) is 18.0. The van der Waals surface area contributed by atoms with Crippen molar-refractivity contribution in [2.24, 2.45) is 5.73 Å². The third-order valence-corrected chi connectivity index (χ3v) is 5.12. The van der Waals surface area contributed by atoms with E-state index in [1.807, 2.05) is 18.2 Å². The van der Waals surface area contributed by atoms with E-state index in [0.717, 1.165) is 10.6 Å². The summed E-state index contributed by atoms with van der Waals surface area (Å²) in [6.07, 6.45) is 1.06. The smallest absolute Gasteiger partial charge is 0.343 e. The third kappa shape index (κ3) is 4.66. The molecule has 1 aromatic carbocycles. The highest BCUT2D eigenvalue weighted by atomic mass is 16.6. The van der Waals surface area contributed by atoms with Crippen LogP contribution < -0.4 is 16.0 Å². The number of likely N-dealkylation sites (N-methyl/N-ethyl adjacent to an activating group) is 1. The molecule has 0 saturated carbocycles. The van der Waals surface area contributed by atoms with Crippen molar-refractivity contribution in [2.75, 3.05) is 18.5 Å². The summed E-state index contributed by atoms with van der Waals surface area (Å²) in [6, 6.07) is 10.9. The zero-order valence-corrected chi connectivity index (χ0v) is 18.0. The molecular weight excluding hydrogens is 398 g/mol. The first-order valence-corrected chi connectivity index (χ1v) is 9.86. The minimum atomic E-state index is -1.23. The van der Waals surface area contributed by atoms with Crippen molar-refractivity contribution >= 4 is 23.6 Å². The van der Waals surface area contributed by atoms with Gasteiger partial charge in [-0.2, -0.15) is 0 Å². The maximum absolute atomic E-state index is 13.1. The Bertz CT molecular complexity index is 993. The second-order valence-electron chi connectivity index (χ2n) is 7.90. The van der Waals surface area contributed by atoms with E-state index in [9.17, 15) is 14.4 Å². The third-order valence-electron chi connectivity index (χ3n) is 5.12. The number of aryl methyl sites for hydroxylation is 1. The van der Waals surface area contributed by atoms with Crippen molar-refractivity contribution in [3.63, 3.8) is 0 Å². The summed E-state index contributed by atoms with van der Waals surface area (Å²) >= 11 is 0. The summed E-state index contributed by atoms with van der Waals surface area (Å²) in [6.45, 7) is 5.44.